The SMILES string of the molecule is Cc1c(C(=O)NNC(=O)c2ccc(F)cc2)oc2c1/C(=N/NC(=O)c1ccccc1Br)CCC2. The second-order valence-corrected chi connectivity index (χ2v) is 8.46. The van der Waals surface area contributed by atoms with Crippen LogP contribution in [0.5, 0.6) is 0 Å². The number of nitrogens with zero attached hydrogens (tertiary/aromatic N) is 1. The summed E-state index contributed by atoms with van der Waals surface area (Å²) in [7, 11) is 0. The summed E-state index contributed by atoms with van der Waals surface area (Å²) in [6.45, 7) is 1.72. The van der Waals surface area contributed by atoms with Crippen LogP contribution in [0.1, 0.15) is 61.0 Å². The summed E-state index contributed by atoms with van der Waals surface area (Å²) < 4.78 is 19.5. The van der Waals surface area contributed by atoms with Crippen LogP contribution in [0.15, 0.2) is 62.5 Å². The molecule has 3 amide bonds. The number of benzene rings is 2. The lowest BCUT2D eigenvalue weighted by molar-refractivity contribution is 0.0829. The molecule has 34 heavy (non-hydrogen) atoms. The van der Waals surface area contributed by atoms with Crippen LogP contribution in [-0.2, 0) is 6.42 Å². The highest BCUT2D eigenvalue weighted by molar-refractivity contribution is 9.10. The van der Waals surface area contributed by atoms with Gasteiger partial charge in [-0.2, -0.15) is 5.10 Å². The first-order valence-corrected chi connectivity index (χ1v) is 11.2. The van der Waals surface area contributed by atoms with E-state index in [0.717, 1.165) is 18.6 Å². The highest BCUT2D eigenvalue weighted by Gasteiger charge is 2.28. The Balaban J connectivity index is 1.48. The van der Waals surface area contributed by atoms with Crippen LogP contribution in [0.4, 0.5) is 4.39 Å². The molecule has 0 unspecified atom stereocenters. The number of amides is 3. The fraction of sp³-hybridized carbons (Fsp3) is 0.167. The summed E-state index contributed by atoms with van der Waals surface area (Å²) >= 11 is 3.35. The van der Waals surface area contributed by atoms with Gasteiger partial charge in [-0.3, -0.25) is 25.2 Å². The predicted octanol–water partition coefficient (Wildman–Crippen LogP) is 4.03. The molecule has 3 N–H and O–H groups in total. The zero-order chi connectivity index (χ0) is 24.2. The molecule has 0 spiro atoms. The second-order valence-electron chi connectivity index (χ2n) is 7.60. The minimum atomic E-state index is -0.640. The van der Waals surface area contributed by atoms with Gasteiger partial charge < -0.3 is 4.42 Å². The van der Waals surface area contributed by atoms with E-state index in [1.54, 1.807) is 25.1 Å². The number of furan rings is 1. The molecule has 3 aromatic rings. The monoisotopic (exact) mass is 526 g/mol. The number of halogens is 2. The number of carbonyl (C=O) groups is 3. The van der Waals surface area contributed by atoms with Crippen molar-refractivity contribution in [2.75, 3.05) is 0 Å². The summed E-state index contributed by atoms with van der Waals surface area (Å²) in [6, 6.07) is 11.9. The van der Waals surface area contributed by atoms with E-state index in [-0.39, 0.29) is 17.2 Å². The Morgan fingerprint density at radius 3 is 2.41 bits per heavy atom. The maximum Gasteiger partial charge on any atom is 0.305 e. The van der Waals surface area contributed by atoms with Crippen molar-refractivity contribution in [1.82, 2.24) is 16.3 Å². The maximum atomic E-state index is 13.0. The van der Waals surface area contributed by atoms with Gasteiger partial charge in [0.25, 0.3) is 11.8 Å². The first kappa shape index (κ1) is 23.4. The number of hydrogen-bond acceptors (Lipinski definition) is 5. The van der Waals surface area contributed by atoms with Crippen LogP contribution < -0.4 is 16.3 Å². The van der Waals surface area contributed by atoms with E-state index in [1.165, 1.54) is 12.1 Å². The van der Waals surface area contributed by atoms with Gasteiger partial charge in [0.1, 0.15) is 11.6 Å². The van der Waals surface area contributed by atoms with Crippen molar-refractivity contribution in [3.8, 4) is 0 Å². The quantitative estimate of drug-likeness (QED) is 0.445. The van der Waals surface area contributed by atoms with Crippen LogP contribution >= 0.6 is 15.9 Å². The van der Waals surface area contributed by atoms with Gasteiger partial charge in [-0.1, -0.05) is 12.1 Å². The molecule has 10 heteroatoms. The summed E-state index contributed by atoms with van der Waals surface area (Å²) in [5.74, 6) is -1.45. The summed E-state index contributed by atoms with van der Waals surface area (Å²) in [4.78, 5) is 37.4. The molecule has 2 aromatic carbocycles. The highest BCUT2D eigenvalue weighted by atomic mass is 79.9. The van der Waals surface area contributed by atoms with E-state index < -0.39 is 17.6 Å². The standard InChI is InChI=1S/C24H20BrFN4O4/c1-13-20-18(27-29-23(32)16-5-2-3-6-17(16)25)7-4-8-19(20)34-21(13)24(33)30-28-22(31)14-9-11-15(26)12-10-14/h2-3,5-6,9-12H,4,7-8H2,1H3,(H,28,31)(H,29,32)(H,30,33)/b27-18+. The lowest BCUT2D eigenvalue weighted by Crippen LogP contribution is -2.41. The molecule has 1 aliphatic rings. The van der Waals surface area contributed by atoms with E-state index in [0.29, 0.717) is 45.5 Å². The molecule has 0 fully saturated rings. The molecule has 1 aliphatic carbocycles. The van der Waals surface area contributed by atoms with Crippen LogP contribution in [0.2, 0.25) is 0 Å². The normalized spacial score (nSPS) is 13.8. The van der Waals surface area contributed by atoms with E-state index in [9.17, 15) is 18.8 Å². The zero-order valence-corrected chi connectivity index (χ0v) is 19.7. The van der Waals surface area contributed by atoms with Crippen molar-refractivity contribution in [3.63, 3.8) is 0 Å². The van der Waals surface area contributed by atoms with Crippen molar-refractivity contribution < 1.29 is 23.2 Å². The molecule has 0 aliphatic heterocycles. The third-order valence-corrected chi connectivity index (χ3v) is 6.03. The molecular weight excluding hydrogens is 507 g/mol. The molecule has 0 saturated heterocycles. The van der Waals surface area contributed by atoms with Crippen molar-refractivity contribution in [1.29, 1.82) is 0 Å². The largest absolute Gasteiger partial charge is 0.455 e. The van der Waals surface area contributed by atoms with E-state index in [2.05, 4.69) is 37.3 Å². The molecule has 8 nitrogen and oxygen atoms in total. The first-order valence-electron chi connectivity index (χ1n) is 10.5. The number of fused-ring (bicyclic) bond motifs is 1. The number of aryl methyl sites for hydroxylation is 1. The highest BCUT2D eigenvalue weighted by Crippen LogP contribution is 2.30. The van der Waals surface area contributed by atoms with E-state index in [4.69, 9.17) is 4.42 Å². The Kier molecular flexibility index (Phi) is 6.87. The van der Waals surface area contributed by atoms with Gasteiger partial charge in [0.2, 0.25) is 0 Å². The number of hydrogen-bond donors (Lipinski definition) is 3. The summed E-state index contributed by atoms with van der Waals surface area (Å²) in [5.41, 5.74) is 9.64. The average molecular weight is 527 g/mol. The van der Waals surface area contributed by atoms with Crippen LogP contribution in [-0.4, -0.2) is 23.4 Å². The van der Waals surface area contributed by atoms with Crippen LogP contribution in [0.25, 0.3) is 0 Å². The van der Waals surface area contributed by atoms with Crippen LogP contribution in [0.3, 0.4) is 0 Å². The van der Waals surface area contributed by atoms with Crippen molar-refractivity contribution in [3.05, 3.63) is 92.6 Å². The molecule has 0 bridgehead atoms. The topological polar surface area (TPSA) is 113 Å². The number of rotatable bonds is 4. The minimum absolute atomic E-state index is 0.0381. The zero-order valence-electron chi connectivity index (χ0n) is 18.1. The molecule has 174 valence electrons. The lowest BCUT2D eigenvalue weighted by Gasteiger charge is -2.13. The Morgan fingerprint density at radius 2 is 1.68 bits per heavy atom. The van der Waals surface area contributed by atoms with Gasteiger partial charge in [-0.05, 0) is 72.1 Å². The number of nitrogens with one attached hydrogen (secondary N) is 3. The predicted molar refractivity (Wildman–Crippen MR) is 126 cm³/mol. The van der Waals surface area contributed by atoms with Crippen molar-refractivity contribution in [2.24, 2.45) is 5.10 Å². The van der Waals surface area contributed by atoms with Gasteiger partial charge in [0.05, 0.1) is 11.3 Å². The molecule has 1 aromatic heterocycles. The second kappa shape index (κ2) is 10.0. The van der Waals surface area contributed by atoms with Crippen molar-refractivity contribution >= 4 is 39.4 Å². The van der Waals surface area contributed by atoms with Gasteiger partial charge >= 0.3 is 5.91 Å². The van der Waals surface area contributed by atoms with Gasteiger partial charge in [0, 0.05) is 27.6 Å². The van der Waals surface area contributed by atoms with E-state index in [1.807, 2.05) is 6.07 Å². The van der Waals surface area contributed by atoms with Crippen molar-refractivity contribution in [2.45, 2.75) is 26.2 Å². The maximum absolute atomic E-state index is 13.0. The van der Waals surface area contributed by atoms with Crippen LogP contribution in [0, 0.1) is 12.7 Å². The fourth-order valence-electron chi connectivity index (χ4n) is 3.66. The summed E-state index contributed by atoms with van der Waals surface area (Å²) in [5, 5.41) is 4.30. The Labute approximate surface area is 202 Å². The summed E-state index contributed by atoms with van der Waals surface area (Å²) in [6.07, 6.45) is 1.96. The number of hydrazone groups is 1. The molecule has 0 radical (unpaired) electrons. The minimum Gasteiger partial charge on any atom is -0.455 e. The average Bonchev–Trinajstić information content (AvgIpc) is 3.18. The van der Waals surface area contributed by atoms with Gasteiger partial charge in [-0.15, -0.1) is 0 Å². The Morgan fingerprint density at radius 1 is 0.971 bits per heavy atom. The lowest BCUT2D eigenvalue weighted by atomic mass is 9.93. The molecular formula is C24H20BrFN4O4. The molecule has 0 atom stereocenters. The van der Waals surface area contributed by atoms with Gasteiger partial charge in [0.15, 0.2) is 5.76 Å². The Hall–Kier alpha value is -3.79. The Bertz CT molecular complexity index is 1300. The third kappa shape index (κ3) is 4.91. The van der Waals surface area contributed by atoms with E-state index >= 15 is 0 Å². The number of carbonyl (C=O) groups excluding carboxylic acids is 3. The van der Waals surface area contributed by atoms with Gasteiger partial charge in [-0.25, -0.2) is 9.82 Å². The first-order chi connectivity index (χ1) is 16.3. The molecule has 0 saturated carbocycles. The fourth-order valence-corrected chi connectivity index (χ4v) is 4.13. The molecule has 4 rings (SSSR count). The third-order valence-electron chi connectivity index (χ3n) is 5.34. The molecule has 1 heterocycles. The smallest absolute Gasteiger partial charge is 0.305 e. The number of hydrazine groups is 1.